The third kappa shape index (κ3) is 5.79. The molecule has 2 aromatic carbocycles. The Balaban J connectivity index is 1.64. The van der Waals surface area contributed by atoms with E-state index in [1.165, 1.54) is 15.2 Å². The summed E-state index contributed by atoms with van der Waals surface area (Å²) >= 11 is 1.77. The number of rotatable bonds is 10. The molecule has 1 aromatic heterocycles. The fraction of sp³-hybridized carbons (Fsp3) is 0.217. The first kappa shape index (κ1) is 19.8. The van der Waals surface area contributed by atoms with Gasteiger partial charge in [0.1, 0.15) is 4.70 Å². The molecule has 3 rings (SSSR count). The second kappa shape index (κ2) is 10.4. The molecule has 0 aliphatic heterocycles. The van der Waals surface area contributed by atoms with Crippen LogP contribution in [0.1, 0.15) is 30.7 Å². The van der Waals surface area contributed by atoms with E-state index in [-0.39, 0.29) is 6.42 Å². The van der Waals surface area contributed by atoms with Crippen LogP contribution in [0.25, 0.3) is 16.3 Å². The molecule has 2 N–H and O–H groups in total. The molecule has 1 heterocycles. The number of aromatic nitrogens is 1. The van der Waals surface area contributed by atoms with Crippen LogP contribution in [0.2, 0.25) is 0 Å². The zero-order chi connectivity index (χ0) is 19.6. The predicted molar refractivity (Wildman–Crippen MR) is 116 cm³/mol. The number of hydrogen-bond acceptors (Lipinski definition) is 3. The van der Waals surface area contributed by atoms with Gasteiger partial charge in [-0.25, -0.2) is 0 Å². The summed E-state index contributed by atoms with van der Waals surface area (Å²) in [7, 11) is 0. The molecule has 4 nitrogen and oxygen atoms in total. The quantitative estimate of drug-likeness (QED) is 0.273. The minimum atomic E-state index is -0.715. The molecule has 0 unspecified atom stereocenters. The van der Waals surface area contributed by atoms with Crippen molar-refractivity contribution in [2.75, 3.05) is 5.32 Å². The molecule has 0 saturated heterocycles. The van der Waals surface area contributed by atoms with Gasteiger partial charge in [-0.1, -0.05) is 47.7 Å². The fourth-order valence-corrected chi connectivity index (χ4v) is 4.10. The van der Waals surface area contributed by atoms with Crippen LogP contribution in [0.4, 0.5) is 5.69 Å². The van der Waals surface area contributed by atoms with Crippen molar-refractivity contribution < 1.29 is 14.5 Å². The van der Waals surface area contributed by atoms with Gasteiger partial charge in [-0.05, 0) is 37.1 Å². The van der Waals surface area contributed by atoms with Crippen LogP contribution in [0, 0.1) is 0 Å². The lowest BCUT2D eigenvalue weighted by Gasteiger charge is -1.98. The van der Waals surface area contributed by atoms with Crippen molar-refractivity contribution in [2.24, 2.45) is 0 Å². The lowest BCUT2D eigenvalue weighted by atomic mass is 10.2. The zero-order valence-corrected chi connectivity index (χ0v) is 16.6. The highest BCUT2D eigenvalue weighted by atomic mass is 32.1. The van der Waals surface area contributed by atoms with Crippen LogP contribution in [0.3, 0.4) is 0 Å². The van der Waals surface area contributed by atoms with Crippen molar-refractivity contribution in [3.63, 3.8) is 0 Å². The minimum absolute atomic E-state index is 0.251. The molecule has 0 aliphatic carbocycles. The van der Waals surface area contributed by atoms with Gasteiger partial charge in [0.25, 0.3) is 5.01 Å². The van der Waals surface area contributed by atoms with E-state index >= 15 is 0 Å². The Bertz CT molecular complexity index is 961. The smallest absolute Gasteiger partial charge is 0.303 e. The van der Waals surface area contributed by atoms with Crippen LogP contribution in [-0.4, -0.2) is 11.1 Å². The maximum absolute atomic E-state index is 10.7. The molecule has 0 saturated carbocycles. The molecule has 0 amide bonds. The molecule has 0 radical (unpaired) electrons. The van der Waals surface area contributed by atoms with E-state index in [9.17, 15) is 4.79 Å². The summed E-state index contributed by atoms with van der Waals surface area (Å²) in [6.07, 6.45) is 11.0. The minimum Gasteiger partial charge on any atom is -0.481 e. The molecular formula is C23H25N2O2S+. The second-order valence-corrected chi connectivity index (χ2v) is 7.55. The van der Waals surface area contributed by atoms with Gasteiger partial charge in [0.15, 0.2) is 6.54 Å². The summed E-state index contributed by atoms with van der Waals surface area (Å²) < 4.78 is 3.59. The van der Waals surface area contributed by atoms with Crippen LogP contribution in [-0.2, 0) is 11.3 Å². The van der Waals surface area contributed by atoms with E-state index in [4.69, 9.17) is 5.11 Å². The first-order valence-electron chi connectivity index (χ1n) is 9.52. The van der Waals surface area contributed by atoms with Crippen molar-refractivity contribution >= 4 is 39.3 Å². The summed E-state index contributed by atoms with van der Waals surface area (Å²) in [5, 5.41) is 13.2. The third-order valence-corrected chi connectivity index (χ3v) is 5.51. The van der Waals surface area contributed by atoms with Crippen molar-refractivity contribution in [3.05, 3.63) is 78.0 Å². The number of hydrogen-bond donors (Lipinski definition) is 2. The van der Waals surface area contributed by atoms with Crippen molar-refractivity contribution in [3.8, 4) is 0 Å². The van der Waals surface area contributed by atoms with Crippen molar-refractivity contribution in [1.82, 2.24) is 0 Å². The van der Waals surface area contributed by atoms with Gasteiger partial charge in [0, 0.05) is 36.9 Å². The highest BCUT2D eigenvalue weighted by molar-refractivity contribution is 7.18. The van der Waals surface area contributed by atoms with Crippen LogP contribution < -0.4 is 9.88 Å². The number of benzene rings is 2. The number of anilines is 1. The number of carbonyl (C=O) groups is 1. The predicted octanol–water partition coefficient (Wildman–Crippen LogP) is 5.47. The number of fused-ring (bicyclic) bond motifs is 1. The highest BCUT2D eigenvalue weighted by Crippen LogP contribution is 2.21. The number of nitrogens with one attached hydrogen (secondary N) is 1. The SMILES string of the molecule is O=C(O)CCCCC[n+]1c(/C=C/C=C/Nc2ccccc2)sc2ccccc21. The Morgan fingerprint density at radius 1 is 1.00 bits per heavy atom. The van der Waals surface area contributed by atoms with Crippen LogP contribution in [0.15, 0.2) is 72.9 Å². The number of thiazole rings is 1. The number of nitrogens with zero attached hydrogens (tertiary/aromatic N) is 1. The molecular weight excluding hydrogens is 368 g/mol. The monoisotopic (exact) mass is 393 g/mol. The van der Waals surface area contributed by atoms with E-state index in [2.05, 4.69) is 40.2 Å². The normalized spacial score (nSPS) is 11.6. The number of para-hydroxylation sites is 2. The fourth-order valence-electron chi connectivity index (χ4n) is 3.00. The number of unbranched alkanes of at least 4 members (excludes halogenated alkanes) is 2. The first-order chi connectivity index (χ1) is 13.7. The zero-order valence-electron chi connectivity index (χ0n) is 15.8. The van der Waals surface area contributed by atoms with Gasteiger partial charge in [-0.3, -0.25) is 4.79 Å². The molecule has 0 spiro atoms. The number of aliphatic carboxylic acids is 1. The average Bonchev–Trinajstić information content (AvgIpc) is 3.05. The number of aryl methyl sites for hydroxylation is 1. The summed E-state index contributed by atoms with van der Waals surface area (Å²) in [6, 6.07) is 18.5. The molecule has 144 valence electrons. The topological polar surface area (TPSA) is 53.2 Å². The maximum Gasteiger partial charge on any atom is 0.303 e. The highest BCUT2D eigenvalue weighted by Gasteiger charge is 2.17. The molecule has 3 aromatic rings. The molecule has 0 fully saturated rings. The van der Waals surface area contributed by atoms with Gasteiger partial charge in [0.2, 0.25) is 5.52 Å². The van der Waals surface area contributed by atoms with Gasteiger partial charge in [-0.15, -0.1) is 0 Å². The second-order valence-electron chi connectivity index (χ2n) is 6.49. The van der Waals surface area contributed by atoms with Crippen LogP contribution in [0.5, 0.6) is 0 Å². The Hall–Kier alpha value is -2.92. The average molecular weight is 394 g/mol. The van der Waals surface area contributed by atoms with Crippen LogP contribution >= 0.6 is 11.3 Å². The molecule has 0 atom stereocenters. The van der Waals surface area contributed by atoms with E-state index in [1.807, 2.05) is 48.7 Å². The third-order valence-electron chi connectivity index (χ3n) is 4.38. The summed E-state index contributed by atoms with van der Waals surface area (Å²) in [5.74, 6) is -0.715. The lowest BCUT2D eigenvalue weighted by molar-refractivity contribution is -0.669. The standard InChI is InChI=1S/C23H24N2O2S/c26-23(27)16-5-2-10-18-25-20-13-6-7-14-21(20)28-22(25)15-8-9-17-24-19-11-3-1-4-12-19/h1,3-4,6-9,11-15,17H,2,5,10,16,18H2,(H,26,27)/p+1. The van der Waals surface area contributed by atoms with E-state index < -0.39 is 5.97 Å². The molecule has 28 heavy (non-hydrogen) atoms. The Morgan fingerprint density at radius 2 is 1.79 bits per heavy atom. The van der Waals surface area contributed by atoms with Crippen molar-refractivity contribution in [2.45, 2.75) is 32.2 Å². The van der Waals surface area contributed by atoms with E-state index in [0.717, 1.165) is 31.5 Å². The first-order valence-corrected chi connectivity index (χ1v) is 10.3. The van der Waals surface area contributed by atoms with E-state index in [0.29, 0.717) is 0 Å². The summed E-state index contributed by atoms with van der Waals surface area (Å²) in [5.41, 5.74) is 2.29. The van der Waals surface area contributed by atoms with Crippen molar-refractivity contribution in [1.29, 1.82) is 0 Å². The largest absolute Gasteiger partial charge is 0.481 e. The lowest BCUT2D eigenvalue weighted by Crippen LogP contribution is -2.35. The molecule has 5 heteroatoms. The number of carboxylic acid groups (broad SMARTS) is 1. The summed E-state index contributed by atoms with van der Waals surface area (Å²) in [6.45, 7) is 0.898. The van der Waals surface area contributed by atoms with Gasteiger partial charge in [-0.2, -0.15) is 4.57 Å². The summed E-state index contributed by atoms with van der Waals surface area (Å²) in [4.78, 5) is 10.7. The Morgan fingerprint density at radius 3 is 2.61 bits per heavy atom. The number of allylic oxidation sites excluding steroid dienone is 2. The van der Waals surface area contributed by atoms with E-state index in [1.54, 1.807) is 11.3 Å². The van der Waals surface area contributed by atoms with Gasteiger partial charge < -0.3 is 10.4 Å². The van der Waals surface area contributed by atoms with Gasteiger partial charge >= 0.3 is 5.97 Å². The Labute approximate surface area is 169 Å². The van der Waals surface area contributed by atoms with Gasteiger partial charge in [0.05, 0.1) is 0 Å². The molecule has 0 bridgehead atoms. The maximum atomic E-state index is 10.7. The molecule has 0 aliphatic rings. The number of carboxylic acids is 1. The Kier molecular flexibility index (Phi) is 7.38.